The first-order valence-corrected chi connectivity index (χ1v) is 20.6. The zero-order valence-corrected chi connectivity index (χ0v) is 31.8. The van der Waals surface area contributed by atoms with Gasteiger partial charge in [-0.1, -0.05) is 127 Å². The molecule has 0 atom stereocenters. The molecule has 262 valence electrons. The molecule has 0 amide bonds. The van der Waals surface area contributed by atoms with Gasteiger partial charge in [-0.3, -0.25) is 0 Å². The molecule has 56 heavy (non-hydrogen) atoms. The third kappa shape index (κ3) is 4.90. The van der Waals surface area contributed by atoms with E-state index in [4.69, 9.17) is 0 Å². The van der Waals surface area contributed by atoms with Gasteiger partial charge in [-0.05, 0) is 112 Å². The maximum Gasteiger partial charge on any atom is 0.0602 e. The highest BCUT2D eigenvalue weighted by Gasteiger charge is 2.26. The lowest BCUT2D eigenvalue weighted by molar-refractivity contribution is 1.17. The van der Waals surface area contributed by atoms with E-state index in [1.807, 2.05) is 23.1 Å². The lowest BCUT2D eigenvalue weighted by atomic mass is 10.0. The molecule has 0 bridgehead atoms. The number of para-hydroxylation sites is 2. The molecule has 2 aromatic heterocycles. The minimum absolute atomic E-state index is 1.16. The minimum Gasteiger partial charge on any atom is -0.309 e. The Labute approximate surface area is 332 Å². The summed E-state index contributed by atoms with van der Waals surface area (Å²) in [7, 11) is 0. The number of hydrogen-bond donors (Lipinski definition) is 0. The third-order valence-electron chi connectivity index (χ3n) is 11.3. The average molecular weight is 749 g/mol. The second-order valence-electron chi connectivity index (χ2n) is 14.5. The highest BCUT2D eigenvalue weighted by Crippen LogP contribution is 2.52. The molecule has 0 N–H and O–H groups in total. The van der Waals surface area contributed by atoms with Crippen molar-refractivity contribution in [3.8, 4) is 27.9 Å². The number of fused-ring (bicyclic) bond motifs is 10. The maximum absolute atomic E-state index is 2.44. The van der Waals surface area contributed by atoms with Crippen LogP contribution in [0.1, 0.15) is 0 Å². The monoisotopic (exact) mass is 748 g/mol. The summed E-state index contributed by atoms with van der Waals surface area (Å²) in [5.74, 6) is 0. The van der Waals surface area contributed by atoms with Gasteiger partial charge in [0.2, 0.25) is 0 Å². The SMILES string of the molecule is c1ccc(-c2cccc(N3c4ccccc4Sc4cc(-c5ccc6c(c5)c5ccccc5n6-c5ccc6c(ccc7sc8ccccc8c76)c5)ccc43)c2)cc1. The van der Waals surface area contributed by atoms with Crippen LogP contribution in [0.5, 0.6) is 0 Å². The van der Waals surface area contributed by atoms with Crippen molar-refractivity contribution in [1.29, 1.82) is 0 Å². The van der Waals surface area contributed by atoms with Crippen LogP contribution in [0.3, 0.4) is 0 Å². The first kappa shape index (κ1) is 31.7. The Hall–Kier alpha value is -6.59. The van der Waals surface area contributed by atoms with Crippen LogP contribution in [-0.4, -0.2) is 4.57 Å². The van der Waals surface area contributed by atoms with Crippen LogP contribution in [-0.2, 0) is 0 Å². The molecule has 0 saturated carbocycles. The highest BCUT2D eigenvalue weighted by atomic mass is 32.2. The molecular weight excluding hydrogens is 717 g/mol. The molecule has 11 aromatic rings. The zero-order valence-electron chi connectivity index (χ0n) is 30.2. The van der Waals surface area contributed by atoms with Gasteiger partial charge in [0, 0.05) is 52.1 Å². The molecule has 0 saturated heterocycles. The van der Waals surface area contributed by atoms with Gasteiger partial charge >= 0.3 is 0 Å². The number of thiophene rings is 1. The lowest BCUT2D eigenvalue weighted by Crippen LogP contribution is -2.14. The summed E-state index contributed by atoms with van der Waals surface area (Å²) in [4.78, 5) is 4.92. The van der Waals surface area contributed by atoms with Crippen molar-refractivity contribution in [3.05, 3.63) is 194 Å². The van der Waals surface area contributed by atoms with E-state index in [0.29, 0.717) is 0 Å². The third-order valence-corrected chi connectivity index (χ3v) is 13.6. The summed E-state index contributed by atoms with van der Waals surface area (Å²) in [6.45, 7) is 0. The van der Waals surface area contributed by atoms with E-state index in [1.165, 1.54) is 102 Å². The molecule has 1 aliphatic heterocycles. The normalized spacial score (nSPS) is 12.5. The first-order chi connectivity index (χ1) is 27.7. The van der Waals surface area contributed by atoms with E-state index in [0.717, 1.165) is 5.69 Å². The number of nitrogens with zero attached hydrogens (tertiary/aromatic N) is 2. The minimum atomic E-state index is 1.16. The molecule has 3 heterocycles. The Morgan fingerprint density at radius 3 is 2.04 bits per heavy atom. The van der Waals surface area contributed by atoms with E-state index in [9.17, 15) is 0 Å². The number of benzene rings is 9. The topological polar surface area (TPSA) is 8.17 Å². The van der Waals surface area contributed by atoms with Crippen LogP contribution in [0.4, 0.5) is 17.1 Å². The van der Waals surface area contributed by atoms with Crippen LogP contribution in [0, 0.1) is 0 Å². The van der Waals surface area contributed by atoms with Crippen molar-refractivity contribution in [1.82, 2.24) is 4.57 Å². The van der Waals surface area contributed by atoms with Gasteiger partial charge in [-0.25, -0.2) is 0 Å². The Morgan fingerprint density at radius 2 is 1.09 bits per heavy atom. The molecule has 4 heteroatoms. The quantitative estimate of drug-likeness (QED) is 0.177. The smallest absolute Gasteiger partial charge is 0.0602 e. The summed E-state index contributed by atoms with van der Waals surface area (Å²) in [5.41, 5.74) is 12.0. The summed E-state index contributed by atoms with van der Waals surface area (Å²) < 4.78 is 5.11. The predicted molar refractivity (Wildman–Crippen MR) is 241 cm³/mol. The molecule has 1 aliphatic rings. The van der Waals surface area contributed by atoms with Crippen molar-refractivity contribution >= 4 is 92.9 Å². The zero-order chi connectivity index (χ0) is 36.7. The van der Waals surface area contributed by atoms with Gasteiger partial charge in [0.1, 0.15) is 0 Å². The lowest BCUT2D eigenvalue weighted by Gasteiger charge is -2.33. The van der Waals surface area contributed by atoms with Crippen molar-refractivity contribution in [2.45, 2.75) is 9.79 Å². The van der Waals surface area contributed by atoms with Gasteiger partial charge < -0.3 is 9.47 Å². The molecule has 0 fully saturated rings. The Kier molecular flexibility index (Phi) is 7.07. The van der Waals surface area contributed by atoms with Crippen molar-refractivity contribution in [2.24, 2.45) is 0 Å². The summed E-state index contributed by atoms with van der Waals surface area (Å²) in [5, 5.41) is 7.78. The van der Waals surface area contributed by atoms with Gasteiger partial charge in [0.05, 0.1) is 22.4 Å². The van der Waals surface area contributed by atoms with Crippen LogP contribution >= 0.6 is 23.1 Å². The van der Waals surface area contributed by atoms with E-state index in [2.05, 4.69) is 204 Å². The van der Waals surface area contributed by atoms with Crippen LogP contribution in [0.25, 0.3) is 80.7 Å². The van der Waals surface area contributed by atoms with Gasteiger partial charge in [0.25, 0.3) is 0 Å². The molecule has 0 radical (unpaired) electrons. The number of aromatic nitrogens is 1. The van der Waals surface area contributed by atoms with Gasteiger partial charge in [-0.2, -0.15) is 0 Å². The maximum atomic E-state index is 2.44. The largest absolute Gasteiger partial charge is 0.309 e. The molecule has 2 nitrogen and oxygen atoms in total. The van der Waals surface area contributed by atoms with E-state index < -0.39 is 0 Å². The van der Waals surface area contributed by atoms with E-state index in [-0.39, 0.29) is 0 Å². The Balaban J connectivity index is 0.971. The molecule has 0 spiro atoms. The molecular formula is C52H32N2S2. The number of rotatable bonds is 4. The second kappa shape index (κ2) is 12.5. The Morgan fingerprint density at radius 1 is 0.357 bits per heavy atom. The van der Waals surface area contributed by atoms with Gasteiger partial charge in [0.15, 0.2) is 0 Å². The summed E-state index contributed by atoms with van der Waals surface area (Å²) in [6, 6.07) is 71.4. The standard InChI is InChI=1S/C52H32N2S2/c1-2-11-33(12-3-1)34-13-10-14-38(29-34)54-46-18-7-9-20-49(46)56-51-32-36(22-27-47(51)54)35-21-26-45-43(31-35)41-15-4-6-17-44(41)53(45)39-24-25-40-37(30-39)23-28-50-52(40)42-16-5-8-19-48(42)55-50/h1-32H. The highest BCUT2D eigenvalue weighted by molar-refractivity contribution is 7.99. The average Bonchev–Trinajstić information content (AvgIpc) is 3.81. The van der Waals surface area contributed by atoms with E-state index in [1.54, 1.807) is 0 Å². The van der Waals surface area contributed by atoms with Crippen molar-refractivity contribution in [3.63, 3.8) is 0 Å². The summed E-state index contributed by atoms with van der Waals surface area (Å²) >= 11 is 3.73. The molecule has 0 unspecified atom stereocenters. The van der Waals surface area contributed by atoms with E-state index >= 15 is 0 Å². The van der Waals surface area contributed by atoms with Crippen molar-refractivity contribution < 1.29 is 0 Å². The fourth-order valence-electron chi connectivity index (χ4n) is 8.78. The van der Waals surface area contributed by atoms with Crippen LogP contribution < -0.4 is 4.90 Å². The first-order valence-electron chi connectivity index (χ1n) is 19.0. The fraction of sp³-hybridized carbons (Fsp3) is 0. The predicted octanol–water partition coefficient (Wildman–Crippen LogP) is 15.6. The van der Waals surface area contributed by atoms with Crippen molar-refractivity contribution in [2.75, 3.05) is 4.90 Å². The molecule has 12 rings (SSSR count). The number of anilines is 3. The second-order valence-corrected chi connectivity index (χ2v) is 16.7. The molecule has 0 aliphatic carbocycles. The van der Waals surface area contributed by atoms with Gasteiger partial charge in [-0.15, -0.1) is 11.3 Å². The molecule has 9 aromatic carbocycles. The number of hydrogen-bond acceptors (Lipinski definition) is 3. The fourth-order valence-corrected chi connectivity index (χ4v) is 11.0. The van der Waals surface area contributed by atoms with Crippen LogP contribution in [0.15, 0.2) is 204 Å². The van der Waals surface area contributed by atoms with Crippen LogP contribution in [0.2, 0.25) is 0 Å². The summed E-state index contributed by atoms with van der Waals surface area (Å²) in [6.07, 6.45) is 0. The Bertz CT molecular complexity index is 3360.